The maximum Gasteiger partial charge on any atom is 0.225 e. The second kappa shape index (κ2) is 4.52. The Bertz CT molecular complexity index is 372. The van der Waals surface area contributed by atoms with Crippen molar-refractivity contribution in [2.24, 2.45) is 0 Å². The van der Waals surface area contributed by atoms with Gasteiger partial charge in [0.2, 0.25) is 11.8 Å². The van der Waals surface area contributed by atoms with Crippen LogP contribution in [0.4, 0.5) is 11.8 Å². The largest absolute Gasteiger partial charge is 0.481 e. The minimum atomic E-state index is 0.205. The molecule has 0 spiro atoms. The molecular weight excluding hydrogens is 208 g/mol. The van der Waals surface area contributed by atoms with Crippen LogP contribution in [0.1, 0.15) is 6.92 Å². The smallest absolute Gasteiger partial charge is 0.225 e. The van der Waals surface area contributed by atoms with Gasteiger partial charge in [-0.1, -0.05) is 0 Å². The average Bonchev–Trinajstić information content (AvgIpc) is 2.28. The van der Waals surface area contributed by atoms with Crippen molar-refractivity contribution in [3.05, 3.63) is 6.07 Å². The molecule has 2 N–H and O–H groups in total. The Kier molecular flexibility index (Phi) is 3.09. The van der Waals surface area contributed by atoms with Crippen molar-refractivity contribution in [3.63, 3.8) is 0 Å². The molecule has 1 aliphatic heterocycles. The molecule has 2 heterocycles. The molecule has 6 heteroatoms. The van der Waals surface area contributed by atoms with Crippen LogP contribution in [0, 0.1) is 0 Å². The second-order valence-electron chi connectivity index (χ2n) is 3.75. The van der Waals surface area contributed by atoms with E-state index in [-0.39, 0.29) is 12.1 Å². The number of ether oxygens (including phenoxy) is 2. The molecule has 1 aromatic heterocycles. The first kappa shape index (κ1) is 10.9. The lowest BCUT2D eigenvalue weighted by Gasteiger charge is -2.32. The van der Waals surface area contributed by atoms with Crippen LogP contribution >= 0.6 is 0 Å². The summed E-state index contributed by atoms with van der Waals surface area (Å²) in [5, 5.41) is 0. The highest BCUT2D eigenvalue weighted by molar-refractivity contribution is 5.45. The van der Waals surface area contributed by atoms with Crippen LogP contribution in [0.25, 0.3) is 0 Å². The van der Waals surface area contributed by atoms with Gasteiger partial charge in [0.05, 0.1) is 19.8 Å². The van der Waals surface area contributed by atoms with Gasteiger partial charge in [0, 0.05) is 19.2 Å². The summed E-state index contributed by atoms with van der Waals surface area (Å²) in [6.07, 6.45) is 0.205. The lowest BCUT2D eigenvalue weighted by Crippen LogP contribution is -2.41. The Labute approximate surface area is 94.4 Å². The Balaban J connectivity index is 2.21. The van der Waals surface area contributed by atoms with Gasteiger partial charge in [-0.3, -0.25) is 0 Å². The fraction of sp³-hybridized carbons (Fsp3) is 0.600. The number of rotatable bonds is 2. The van der Waals surface area contributed by atoms with E-state index in [1.165, 1.54) is 0 Å². The van der Waals surface area contributed by atoms with Crippen molar-refractivity contribution in [3.8, 4) is 5.88 Å². The maximum absolute atomic E-state index is 5.62. The minimum absolute atomic E-state index is 0.205. The summed E-state index contributed by atoms with van der Waals surface area (Å²) in [6, 6.07) is 1.79. The van der Waals surface area contributed by atoms with Crippen molar-refractivity contribution in [2.75, 3.05) is 37.4 Å². The van der Waals surface area contributed by atoms with E-state index in [0.29, 0.717) is 12.5 Å². The van der Waals surface area contributed by atoms with Crippen LogP contribution < -0.4 is 15.4 Å². The molecular formula is C10H16N4O2. The summed E-state index contributed by atoms with van der Waals surface area (Å²) in [6.45, 7) is 4.35. The van der Waals surface area contributed by atoms with E-state index in [1.807, 2.05) is 6.92 Å². The lowest BCUT2D eigenvalue weighted by molar-refractivity contribution is 0.0529. The molecule has 16 heavy (non-hydrogen) atoms. The Morgan fingerprint density at radius 2 is 2.38 bits per heavy atom. The van der Waals surface area contributed by atoms with Crippen LogP contribution in [0.2, 0.25) is 0 Å². The molecule has 0 amide bonds. The number of hydrogen-bond donors (Lipinski definition) is 1. The number of nitrogen functional groups attached to an aromatic ring is 1. The number of morpholine rings is 1. The second-order valence-corrected chi connectivity index (χ2v) is 3.75. The van der Waals surface area contributed by atoms with E-state index in [2.05, 4.69) is 14.9 Å². The van der Waals surface area contributed by atoms with E-state index in [1.54, 1.807) is 13.2 Å². The van der Waals surface area contributed by atoms with Gasteiger partial charge < -0.3 is 20.1 Å². The Morgan fingerprint density at radius 3 is 3.06 bits per heavy atom. The highest BCUT2D eigenvalue weighted by Gasteiger charge is 2.19. The third kappa shape index (κ3) is 2.33. The van der Waals surface area contributed by atoms with Gasteiger partial charge in [-0.05, 0) is 6.92 Å². The third-order valence-corrected chi connectivity index (χ3v) is 2.48. The summed E-state index contributed by atoms with van der Waals surface area (Å²) in [4.78, 5) is 10.3. The number of aromatic nitrogens is 2. The number of hydrogen-bond acceptors (Lipinski definition) is 6. The number of methoxy groups -OCH3 is 1. The molecule has 0 saturated carbocycles. The molecule has 88 valence electrons. The van der Waals surface area contributed by atoms with Gasteiger partial charge >= 0.3 is 0 Å². The summed E-state index contributed by atoms with van der Waals surface area (Å²) in [5.41, 5.74) is 5.62. The number of nitrogens with zero attached hydrogens (tertiary/aromatic N) is 3. The van der Waals surface area contributed by atoms with Crippen LogP contribution in [0.3, 0.4) is 0 Å². The molecule has 1 fully saturated rings. The number of anilines is 2. The first-order valence-corrected chi connectivity index (χ1v) is 5.24. The van der Waals surface area contributed by atoms with Gasteiger partial charge in [-0.2, -0.15) is 9.97 Å². The van der Waals surface area contributed by atoms with Crippen molar-refractivity contribution < 1.29 is 9.47 Å². The predicted octanol–water partition coefficient (Wildman–Crippen LogP) is 0.292. The topological polar surface area (TPSA) is 73.5 Å². The van der Waals surface area contributed by atoms with E-state index in [9.17, 15) is 0 Å². The van der Waals surface area contributed by atoms with E-state index in [4.69, 9.17) is 15.2 Å². The summed E-state index contributed by atoms with van der Waals surface area (Å²) in [5.74, 6) is 1.51. The lowest BCUT2D eigenvalue weighted by atomic mass is 10.3. The monoisotopic (exact) mass is 224 g/mol. The molecule has 2 rings (SSSR count). The van der Waals surface area contributed by atoms with Gasteiger partial charge in [0.15, 0.2) is 0 Å². The van der Waals surface area contributed by atoms with Crippen LogP contribution in [0.15, 0.2) is 6.07 Å². The zero-order chi connectivity index (χ0) is 11.5. The molecule has 1 saturated heterocycles. The summed E-state index contributed by atoms with van der Waals surface area (Å²) in [7, 11) is 1.56. The van der Waals surface area contributed by atoms with Gasteiger partial charge in [0.1, 0.15) is 5.82 Å². The number of nitrogens with two attached hydrogens (primary N) is 1. The van der Waals surface area contributed by atoms with E-state index in [0.717, 1.165) is 18.9 Å². The van der Waals surface area contributed by atoms with Crippen LogP contribution in [-0.4, -0.2) is 42.9 Å². The molecule has 1 atom stereocenters. The zero-order valence-corrected chi connectivity index (χ0v) is 9.51. The summed E-state index contributed by atoms with van der Waals surface area (Å²) >= 11 is 0. The highest BCUT2D eigenvalue weighted by atomic mass is 16.5. The van der Waals surface area contributed by atoms with Crippen molar-refractivity contribution >= 4 is 11.8 Å². The van der Waals surface area contributed by atoms with Crippen molar-refractivity contribution in [2.45, 2.75) is 13.0 Å². The van der Waals surface area contributed by atoms with Gasteiger partial charge in [-0.25, -0.2) is 0 Å². The normalized spacial score (nSPS) is 20.9. The molecule has 0 aliphatic carbocycles. The Morgan fingerprint density at radius 1 is 1.56 bits per heavy atom. The molecule has 6 nitrogen and oxygen atoms in total. The van der Waals surface area contributed by atoms with Gasteiger partial charge in [-0.15, -0.1) is 0 Å². The molecule has 1 aliphatic rings. The first-order chi connectivity index (χ1) is 7.69. The molecule has 1 unspecified atom stereocenters. The fourth-order valence-electron chi connectivity index (χ4n) is 1.72. The third-order valence-electron chi connectivity index (χ3n) is 2.48. The average molecular weight is 224 g/mol. The first-order valence-electron chi connectivity index (χ1n) is 5.24. The van der Waals surface area contributed by atoms with Crippen molar-refractivity contribution in [1.29, 1.82) is 0 Å². The quantitative estimate of drug-likeness (QED) is 0.778. The Hall–Kier alpha value is -1.56. The zero-order valence-electron chi connectivity index (χ0n) is 9.51. The highest BCUT2D eigenvalue weighted by Crippen LogP contribution is 2.20. The summed E-state index contributed by atoms with van der Waals surface area (Å²) < 4.78 is 10.5. The SMILES string of the molecule is COc1cc(N2CCOC(C)C2)nc(N)n1. The molecule has 0 bridgehead atoms. The molecule has 0 radical (unpaired) electrons. The maximum atomic E-state index is 5.62. The molecule has 1 aromatic rings. The van der Waals surface area contributed by atoms with Crippen LogP contribution in [-0.2, 0) is 4.74 Å². The fourth-order valence-corrected chi connectivity index (χ4v) is 1.72. The van der Waals surface area contributed by atoms with E-state index < -0.39 is 0 Å². The predicted molar refractivity (Wildman–Crippen MR) is 60.6 cm³/mol. The van der Waals surface area contributed by atoms with E-state index >= 15 is 0 Å². The van der Waals surface area contributed by atoms with Gasteiger partial charge in [0.25, 0.3) is 0 Å². The van der Waals surface area contributed by atoms with Crippen molar-refractivity contribution in [1.82, 2.24) is 9.97 Å². The standard InChI is InChI=1S/C10H16N4O2/c1-7-6-14(3-4-16-7)8-5-9(15-2)13-10(11)12-8/h5,7H,3-4,6H2,1-2H3,(H2,11,12,13). The minimum Gasteiger partial charge on any atom is -0.481 e. The molecule has 0 aromatic carbocycles. The van der Waals surface area contributed by atoms with Crippen LogP contribution in [0.5, 0.6) is 5.88 Å².